The first-order valence-electron chi connectivity index (χ1n) is 9.25. The maximum absolute atomic E-state index is 12.5. The van der Waals surface area contributed by atoms with E-state index in [1.165, 1.54) is 0 Å². The number of nitrogens with one attached hydrogen (secondary N) is 2. The number of hydrogen-bond acceptors (Lipinski definition) is 6. The van der Waals surface area contributed by atoms with E-state index in [0.717, 1.165) is 46.7 Å². The molecule has 0 aliphatic carbocycles. The number of pyridine rings is 2. The molecule has 0 amide bonds. The van der Waals surface area contributed by atoms with Crippen LogP contribution in [0.5, 0.6) is 11.5 Å². The third-order valence-electron chi connectivity index (χ3n) is 5.25. The lowest BCUT2D eigenvalue weighted by Crippen LogP contribution is -2.55. The van der Waals surface area contributed by atoms with Crippen LogP contribution in [0.4, 0.5) is 0 Å². The van der Waals surface area contributed by atoms with Crippen LogP contribution < -0.4 is 25.7 Å². The molecule has 0 radical (unpaired) electrons. The lowest BCUT2D eigenvalue weighted by atomic mass is 9.99. The first-order chi connectivity index (χ1) is 13.6. The summed E-state index contributed by atoms with van der Waals surface area (Å²) >= 11 is 0. The van der Waals surface area contributed by atoms with Crippen LogP contribution in [-0.4, -0.2) is 42.9 Å². The van der Waals surface area contributed by atoms with Gasteiger partial charge in [-0.1, -0.05) is 0 Å². The normalized spacial score (nSPS) is 14.1. The van der Waals surface area contributed by atoms with Gasteiger partial charge < -0.3 is 24.7 Å². The zero-order valence-electron chi connectivity index (χ0n) is 16.3. The molecule has 1 aromatic carbocycles. The van der Waals surface area contributed by atoms with Gasteiger partial charge >= 0.3 is 0 Å². The molecule has 0 bridgehead atoms. The minimum atomic E-state index is -0.0688. The topological polar surface area (TPSA) is 77.4 Å². The van der Waals surface area contributed by atoms with Gasteiger partial charge in [-0.15, -0.1) is 0 Å². The molecule has 0 saturated carbocycles. The molecule has 2 N–H and O–H groups in total. The number of aromatic nitrogens is 2. The van der Waals surface area contributed by atoms with Crippen molar-refractivity contribution >= 4 is 10.8 Å². The summed E-state index contributed by atoms with van der Waals surface area (Å²) in [5.74, 6) is 1.51. The molecule has 146 valence electrons. The predicted molar refractivity (Wildman–Crippen MR) is 109 cm³/mol. The fraction of sp³-hybridized carbons (Fsp3) is 0.333. The van der Waals surface area contributed by atoms with Gasteiger partial charge in [0.15, 0.2) is 0 Å². The van der Waals surface area contributed by atoms with E-state index < -0.39 is 0 Å². The van der Waals surface area contributed by atoms with Crippen molar-refractivity contribution in [1.29, 1.82) is 0 Å². The molecular weight excluding hydrogens is 356 g/mol. The zero-order valence-corrected chi connectivity index (χ0v) is 16.3. The van der Waals surface area contributed by atoms with Gasteiger partial charge in [-0.3, -0.25) is 9.78 Å². The standard InChI is InChI=1S/C21H24N4O3/c1-25-12-18(15-4-5-22-10-16(15)21(25)26)13-6-19(27-2)17(20(7-13)28-3)11-24-14-8-23-9-14/h4-7,10,12,14,23-24H,8-9,11H2,1-3H3. The molecule has 28 heavy (non-hydrogen) atoms. The second kappa shape index (κ2) is 7.61. The molecule has 3 heterocycles. The number of benzene rings is 1. The van der Waals surface area contributed by atoms with Crippen molar-refractivity contribution in [2.75, 3.05) is 27.3 Å². The van der Waals surface area contributed by atoms with Crippen molar-refractivity contribution in [2.24, 2.45) is 7.05 Å². The maximum Gasteiger partial charge on any atom is 0.259 e. The second-order valence-electron chi connectivity index (χ2n) is 6.98. The van der Waals surface area contributed by atoms with E-state index in [1.807, 2.05) is 24.4 Å². The third-order valence-corrected chi connectivity index (χ3v) is 5.25. The van der Waals surface area contributed by atoms with E-state index in [2.05, 4.69) is 15.6 Å². The molecule has 1 aliphatic heterocycles. The van der Waals surface area contributed by atoms with Crippen LogP contribution in [0.1, 0.15) is 5.56 Å². The summed E-state index contributed by atoms with van der Waals surface area (Å²) < 4.78 is 12.9. The van der Waals surface area contributed by atoms with Crippen LogP contribution in [0.15, 0.2) is 41.6 Å². The Balaban J connectivity index is 1.83. The van der Waals surface area contributed by atoms with Crippen LogP contribution in [0.2, 0.25) is 0 Å². The predicted octanol–water partition coefficient (Wildman–Crippen LogP) is 1.68. The fourth-order valence-corrected chi connectivity index (χ4v) is 3.53. The van der Waals surface area contributed by atoms with Crippen LogP contribution >= 0.6 is 0 Å². The molecule has 2 aromatic heterocycles. The summed E-state index contributed by atoms with van der Waals surface area (Å²) in [5.41, 5.74) is 2.77. The van der Waals surface area contributed by atoms with Crippen molar-refractivity contribution in [3.05, 3.63) is 52.7 Å². The molecule has 1 aliphatic rings. The first-order valence-corrected chi connectivity index (χ1v) is 9.25. The van der Waals surface area contributed by atoms with E-state index in [-0.39, 0.29) is 5.56 Å². The number of aryl methyl sites for hydroxylation is 1. The number of ether oxygens (including phenoxy) is 2. The average Bonchev–Trinajstić information content (AvgIpc) is 2.69. The van der Waals surface area contributed by atoms with Gasteiger partial charge in [0, 0.05) is 62.4 Å². The Labute approximate surface area is 163 Å². The van der Waals surface area contributed by atoms with Gasteiger partial charge in [-0.05, 0) is 29.1 Å². The van der Waals surface area contributed by atoms with Crippen molar-refractivity contribution in [2.45, 2.75) is 12.6 Å². The van der Waals surface area contributed by atoms with Crippen LogP contribution in [-0.2, 0) is 13.6 Å². The zero-order chi connectivity index (χ0) is 19.7. The van der Waals surface area contributed by atoms with Gasteiger partial charge in [0.1, 0.15) is 11.5 Å². The minimum absolute atomic E-state index is 0.0688. The lowest BCUT2D eigenvalue weighted by Gasteiger charge is -2.28. The molecule has 7 heteroatoms. The molecule has 4 rings (SSSR count). The Kier molecular flexibility index (Phi) is 5.02. The van der Waals surface area contributed by atoms with E-state index in [9.17, 15) is 4.79 Å². The van der Waals surface area contributed by atoms with Gasteiger partial charge in [0.25, 0.3) is 5.56 Å². The number of methoxy groups -OCH3 is 2. The van der Waals surface area contributed by atoms with E-state index >= 15 is 0 Å². The highest BCUT2D eigenvalue weighted by Gasteiger charge is 2.20. The van der Waals surface area contributed by atoms with Crippen molar-refractivity contribution in [3.8, 4) is 22.6 Å². The second-order valence-corrected chi connectivity index (χ2v) is 6.98. The minimum Gasteiger partial charge on any atom is -0.496 e. The molecule has 1 fully saturated rings. The quantitative estimate of drug-likeness (QED) is 0.678. The molecule has 3 aromatic rings. The van der Waals surface area contributed by atoms with Crippen LogP contribution in [0, 0.1) is 0 Å². The summed E-state index contributed by atoms with van der Waals surface area (Å²) in [4.78, 5) is 16.6. The van der Waals surface area contributed by atoms with Crippen LogP contribution in [0.25, 0.3) is 21.9 Å². The van der Waals surface area contributed by atoms with Gasteiger partial charge in [-0.25, -0.2) is 0 Å². The Bertz CT molecular complexity index is 1050. The Morgan fingerprint density at radius 1 is 1.21 bits per heavy atom. The van der Waals surface area contributed by atoms with E-state index in [0.29, 0.717) is 18.0 Å². The monoisotopic (exact) mass is 380 g/mol. The smallest absolute Gasteiger partial charge is 0.259 e. The number of rotatable bonds is 6. The lowest BCUT2D eigenvalue weighted by molar-refractivity contribution is 0.349. The molecule has 7 nitrogen and oxygen atoms in total. The third kappa shape index (κ3) is 3.23. The summed E-state index contributed by atoms with van der Waals surface area (Å²) in [6, 6.07) is 6.33. The van der Waals surface area contributed by atoms with Gasteiger partial charge in [0.2, 0.25) is 0 Å². The van der Waals surface area contributed by atoms with Crippen molar-refractivity contribution in [1.82, 2.24) is 20.2 Å². The highest BCUT2D eigenvalue weighted by atomic mass is 16.5. The fourth-order valence-electron chi connectivity index (χ4n) is 3.53. The molecular formula is C21H24N4O3. The maximum atomic E-state index is 12.5. The Morgan fingerprint density at radius 2 is 1.93 bits per heavy atom. The highest BCUT2D eigenvalue weighted by Crippen LogP contribution is 2.37. The highest BCUT2D eigenvalue weighted by molar-refractivity contribution is 5.95. The largest absolute Gasteiger partial charge is 0.496 e. The van der Waals surface area contributed by atoms with Crippen molar-refractivity contribution < 1.29 is 9.47 Å². The number of hydrogen-bond donors (Lipinski definition) is 2. The Hall–Kier alpha value is -2.90. The molecule has 1 saturated heterocycles. The summed E-state index contributed by atoms with van der Waals surface area (Å²) in [6.07, 6.45) is 5.15. The van der Waals surface area contributed by atoms with E-state index in [1.54, 1.807) is 38.2 Å². The SMILES string of the molecule is COc1cc(-c2cn(C)c(=O)c3cnccc23)cc(OC)c1CNC1CNC1. The Morgan fingerprint density at radius 3 is 2.54 bits per heavy atom. The van der Waals surface area contributed by atoms with E-state index in [4.69, 9.17) is 9.47 Å². The summed E-state index contributed by atoms with van der Waals surface area (Å²) in [6.45, 7) is 2.61. The number of fused-ring (bicyclic) bond motifs is 1. The molecule has 0 unspecified atom stereocenters. The van der Waals surface area contributed by atoms with Crippen LogP contribution in [0.3, 0.4) is 0 Å². The van der Waals surface area contributed by atoms with Gasteiger partial charge in [0.05, 0.1) is 19.6 Å². The van der Waals surface area contributed by atoms with Gasteiger partial charge in [-0.2, -0.15) is 0 Å². The summed E-state index contributed by atoms with van der Waals surface area (Å²) in [7, 11) is 5.07. The first kappa shape index (κ1) is 18.5. The molecule has 0 spiro atoms. The number of nitrogens with zero attached hydrogens (tertiary/aromatic N) is 2. The van der Waals surface area contributed by atoms with Crippen molar-refractivity contribution in [3.63, 3.8) is 0 Å². The average molecular weight is 380 g/mol. The summed E-state index contributed by atoms with van der Waals surface area (Å²) in [5, 5.41) is 8.21. The molecule has 0 atom stereocenters.